The highest BCUT2D eigenvalue weighted by molar-refractivity contribution is 5.69. The maximum atomic E-state index is 12.4. The molecule has 172 valence electrons. The zero-order chi connectivity index (χ0) is 22.5. The van der Waals surface area contributed by atoms with Crippen LogP contribution in [0.5, 0.6) is 0 Å². The number of hydrogen-bond acceptors (Lipinski definition) is 5. The zero-order valence-corrected chi connectivity index (χ0v) is 19.3. The lowest BCUT2D eigenvalue weighted by Gasteiger charge is -2.58. The van der Waals surface area contributed by atoms with Crippen LogP contribution >= 0.6 is 0 Å². The zero-order valence-electron chi connectivity index (χ0n) is 19.3. The van der Waals surface area contributed by atoms with E-state index in [-0.39, 0.29) is 23.2 Å². The summed E-state index contributed by atoms with van der Waals surface area (Å²) >= 11 is 0. The molecule has 1 aliphatic carbocycles. The van der Waals surface area contributed by atoms with E-state index in [2.05, 4.69) is 36.4 Å². The van der Waals surface area contributed by atoms with Crippen molar-refractivity contribution in [1.29, 1.82) is 0 Å². The standard InChI is InChI=1S/C25H34N4O3/c1-18-11-22(28-10-9-21(30)14-24(28,2)3)26-29(18)20-12-25(13-20)16-27(17-25)23(31)32-15-19-7-5-4-6-8-19/h4-8,11,20-21,30H,9-10,12-17H2,1-3H3/t21-/m1/s1. The Morgan fingerprint density at radius 1 is 1.19 bits per heavy atom. The Hall–Kier alpha value is -2.54. The summed E-state index contributed by atoms with van der Waals surface area (Å²) in [4.78, 5) is 16.5. The summed E-state index contributed by atoms with van der Waals surface area (Å²) in [6.45, 7) is 9.21. The van der Waals surface area contributed by atoms with Gasteiger partial charge in [0.05, 0.1) is 12.1 Å². The van der Waals surface area contributed by atoms with Crippen LogP contribution < -0.4 is 4.90 Å². The van der Waals surface area contributed by atoms with Crippen LogP contribution in [0.2, 0.25) is 0 Å². The Kier molecular flexibility index (Phi) is 5.19. The van der Waals surface area contributed by atoms with E-state index in [1.54, 1.807) is 0 Å². The SMILES string of the molecule is Cc1cc(N2CC[C@@H](O)CC2(C)C)nn1C1CC2(C1)CN(C(=O)OCc1ccccc1)C2. The van der Waals surface area contributed by atoms with Crippen LogP contribution in [-0.2, 0) is 11.3 Å². The van der Waals surface area contributed by atoms with Gasteiger partial charge in [0.25, 0.3) is 0 Å². The van der Waals surface area contributed by atoms with Crippen molar-refractivity contribution in [2.45, 2.75) is 70.7 Å². The Morgan fingerprint density at radius 3 is 2.59 bits per heavy atom. The second kappa shape index (κ2) is 7.80. The molecule has 0 unspecified atom stereocenters. The molecule has 1 spiro atoms. The van der Waals surface area contributed by atoms with Gasteiger partial charge in [-0.3, -0.25) is 4.68 Å². The van der Waals surface area contributed by atoms with Gasteiger partial charge in [-0.2, -0.15) is 5.10 Å². The van der Waals surface area contributed by atoms with Crippen molar-refractivity contribution >= 4 is 11.9 Å². The topological polar surface area (TPSA) is 70.8 Å². The summed E-state index contributed by atoms with van der Waals surface area (Å²) in [7, 11) is 0. The minimum Gasteiger partial charge on any atom is -0.445 e. The van der Waals surface area contributed by atoms with E-state index in [0.29, 0.717) is 12.6 Å². The highest BCUT2D eigenvalue weighted by Crippen LogP contribution is 2.54. The molecule has 32 heavy (non-hydrogen) atoms. The quantitative estimate of drug-likeness (QED) is 0.784. The number of carbonyl (C=O) groups excluding carboxylic acids is 1. The Labute approximate surface area is 190 Å². The molecule has 0 bridgehead atoms. The molecule has 7 heteroatoms. The number of ether oxygens (including phenoxy) is 1. The molecule has 7 nitrogen and oxygen atoms in total. The number of likely N-dealkylation sites (tertiary alicyclic amines) is 1. The molecular formula is C25H34N4O3. The van der Waals surface area contributed by atoms with Crippen LogP contribution in [0.1, 0.15) is 56.8 Å². The average molecular weight is 439 g/mol. The number of hydrogen-bond donors (Lipinski definition) is 1. The molecule has 2 aromatic rings. The van der Waals surface area contributed by atoms with E-state index in [1.165, 1.54) is 5.69 Å². The molecule has 1 aromatic carbocycles. The van der Waals surface area contributed by atoms with Crippen molar-refractivity contribution in [1.82, 2.24) is 14.7 Å². The first-order valence-electron chi connectivity index (χ1n) is 11.7. The smallest absolute Gasteiger partial charge is 0.410 e. The lowest BCUT2D eigenvalue weighted by molar-refractivity contribution is -0.0834. The summed E-state index contributed by atoms with van der Waals surface area (Å²) in [6.07, 6.45) is 3.23. The second-order valence-corrected chi connectivity index (χ2v) is 10.7. The van der Waals surface area contributed by atoms with Crippen LogP contribution in [0.4, 0.5) is 10.6 Å². The number of amides is 1. The van der Waals surface area contributed by atoms with E-state index in [1.807, 2.05) is 35.2 Å². The average Bonchev–Trinajstić information content (AvgIpc) is 3.05. The molecule has 3 aliphatic rings. The van der Waals surface area contributed by atoms with Gasteiger partial charge in [-0.1, -0.05) is 30.3 Å². The van der Waals surface area contributed by atoms with Crippen LogP contribution in [0.25, 0.3) is 0 Å². The van der Waals surface area contributed by atoms with Gasteiger partial charge in [0.15, 0.2) is 5.82 Å². The molecule has 1 aromatic heterocycles. The molecule has 3 heterocycles. The van der Waals surface area contributed by atoms with Crippen LogP contribution in [-0.4, -0.2) is 57.2 Å². The van der Waals surface area contributed by atoms with Crippen molar-refractivity contribution in [2.75, 3.05) is 24.5 Å². The number of anilines is 1. The molecule has 1 saturated carbocycles. The van der Waals surface area contributed by atoms with E-state index < -0.39 is 0 Å². The molecule has 1 atom stereocenters. The number of aryl methyl sites for hydroxylation is 1. The maximum absolute atomic E-state index is 12.4. The molecule has 5 rings (SSSR count). The fraction of sp³-hybridized carbons (Fsp3) is 0.600. The largest absolute Gasteiger partial charge is 0.445 e. The predicted molar refractivity (Wildman–Crippen MR) is 123 cm³/mol. The number of aliphatic hydroxyl groups excluding tert-OH is 1. The van der Waals surface area contributed by atoms with Gasteiger partial charge in [-0.25, -0.2) is 4.79 Å². The Balaban J connectivity index is 1.14. The first kappa shape index (κ1) is 21.3. The molecule has 1 N–H and O–H groups in total. The van der Waals surface area contributed by atoms with Crippen molar-refractivity contribution in [3.05, 3.63) is 47.7 Å². The van der Waals surface area contributed by atoms with E-state index >= 15 is 0 Å². The summed E-state index contributed by atoms with van der Waals surface area (Å²) < 4.78 is 7.65. The van der Waals surface area contributed by atoms with Crippen LogP contribution in [0, 0.1) is 12.3 Å². The normalized spacial score (nSPS) is 24.2. The van der Waals surface area contributed by atoms with Gasteiger partial charge in [0, 0.05) is 42.3 Å². The highest BCUT2D eigenvalue weighted by atomic mass is 16.6. The molecule has 2 aliphatic heterocycles. The highest BCUT2D eigenvalue weighted by Gasteiger charge is 2.55. The molecule has 3 fully saturated rings. The molecule has 0 radical (unpaired) electrons. The van der Waals surface area contributed by atoms with Gasteiger partial charge in [-0.05, 0) is 52.0 Å². The number of aliphatic hydroxyl groups is 1. The molecular weight excluding hydrogens is 404 g/mol. The fourth-order valence-corrected chi connectivity index (χ4v) is 5.84. The number of nitrogens with zero attached hydrogens (tertiary/aromatic N) is 4. The fourth-order valence-electron chi connectivity index (χ4n) is 5.84. The van der Waals surface area contributed by atoms with E-state index in [4.69, 9.17) is 9.84 Å². The van der Waals surface area contributed by atoms with Crippen LogP contribution in [0.15, 0.2) is 36.4 Å². The summed E-state index contributed by atoms with van der Waals surface area (Å²) in [5.74, 6) is 1.01. The van der Waals surface area contributed by atoms with Gasteiger partial charge in [0.2, 0.25) is 0 Å². The van der Waals surface area contributed by atoms with Crippen molar-refractivity contribution in [3.63, 3.8) is 0 Å². The predicted octanol–water partition coefficient (Wildman–Crippen LogP) is 3.90. The summed E-state index contributed by atoms with van der Waals surface area (Å²) in [6, 6.07) is 12.4. The number of aromatic nitrogens is 2. The van der Waals surface area contributed by atoms with Gasteiger partial charge < -0.3 is 19.6 Å². The van der Waals surface area contributed by atoms with Gasteiger partial charge in [-0.15, -0.1) is 0 Å². The minimum absolute atomic E-state index is 0.0985. The third-order valence-corrected chi connectivity index (χ3v) is 7.54. The first-order chi connectivity index (χ1) is 15.2. The number of carbonyl (C=O) groups is 1. The van der Waals surface area contributed by atoms with Crippen LogP contribution in [0.3, 0.4) is 0 Å². The van der Waals surface area contributed by atoms with Gasteiger partial charge in [0.1, 0.15) is 6.61 Å². The van der Waals surface area contributed by atoms with Crippen molar-refractivity contribution < 1.29 is 14.6 Å². The lowest BCUT2D eigenvalue weighted by atomic mass is 9.61. The summed E-state index contributed by atoms with van der Waals surface area (Å²) in [5.41, 5.74) is 2.32. The number of piperidine rings is 1. The van der Waals surface area contributed by atoms with E-state index in [9.17, 15) is 9.90 Å². The number of rotatable bonds is 4. The molecule has 2 saturated heterocycles. The van der Waals surface area contributed by atoms with Crippen molar-refractivity contribution in [3.8, 4) is 0 Å². The number of benzene rings is 1. The van der Waals surface area contributed by atoms with E-state index in [0.717, 1.165) is 56.7 Å². The monoisotopic (exact) mass is 438 g/mol. The van der Waals surface area contributed by atoms with Crippen molar-refractivity contribution in [2.24, 2.45) is 5.41 Å². The third-order valence-electron chi connectivity index (χ3n) is 7.54. The lowest BCUT2D eigenvalue weighted by Crippen LogP contribution is -2.64. The maximum Gasteiger partial charge on any atom is 0.410 e. The first-order valence-corrected chi connectivity index (χ1v) is 11.7. The summed E-state index contributed by atoms with van der Waals surface area (Å²) in [5, 5.41) is 15.0. The Bertz CT molecular complexity index is 972. The molecule has 1 amide bonds. The minimum atomic E-state index is -0.225. The third kappa shape index (κ3) is 3.87. The Morgan fingerprint density at radius 2 is 1.91 bits per heavy atom. The second-order valence-electron chi connectivity index (χ2n) is 10.7. The van der Waals surface area contributed by atoms with Gasteiger partial charge >= 0.3 is 6.09 Å².